The highest BCUT2D eigenvalue weighted by Crippen LogP contribution is 2.30. The number of amides is 1. The van der Waals surface area contributed by atoms with Gasteiger partial charge in [-0.05, 0) is 84.4 Å². The second-order valence-electron chi connectivity index (χ2n) is 7.44. The Labute approximate surface area is 228 Å². The molecule has 0 bridgehead atoms. The summed E-state index contributed by atoms with van der Waals surface area (Å²) in [5, 5.41) is 3.94. The van der Waals surface area contributed by atoms with Gasteiger partial charge in [0.25, 0.3) is 5.91 Å². The van der Waals surface area contributed by atoms with Gasteiger partial charge in [-0.15, -0.1) is 0 Å². The van der Waals surface area contributed by atoms with Gasteiger partial charge in [-0.3, -0.25) is 9.78 Å². The molecule has 0 radical (unpaired) electrons. The lowest BCUT2D eigenvalue weighted by Gasteiger charge is -2.12. The fraction of sp³-hybridized carbons (Fsp3) is 0. The van der Waals surface area contributed by atoms with Gasteiger partial charge in [-0.25, -0.2) is 15.0 Å². The molecule has 3 aromatic carbocycles. The predicted molar refractivity (Wildman–Crippen MR) is 144 cm³/mol. The number of hydrogen-bond acceptors (Lipinski definition) is 7. The lowest BCUT2D eigenvalue weighted by atomic mass is 10.2. The van der Waals surface area contributed by atoms with Crippen LogP contribution in [0.15, 0.2) is 105 Å². The average Bonchev–Trinajstić information content (AvgIpc) is 2.91. The zero-order chi connectivity index (χ0) is 26.2. The number of rotatable bonds is 7. The standard InChI is InChI=1S/C27H17Br2N3O5/c28-21-8-4-18(5-9-21)26(34)36-23-12-3-17(15-31-32-25(33)20-2-1-13-30-16-20)14-24(23)37-27(35)19-6-10-22(29)11-7-19/h1-16H,(H,32,33)/b31-15-. The lowest BCUT2D eigenvalue weighted by molar-refractivity contribution is 0.0682. The fourth-order valence-electron chi connectivity index (χ4n) is 2.99. The number of carbonyl (C=O) groups excluding carboxylic acids is 3. The molecule has 8 nitrogen and oxygen atoms in total. The van der Waals surface area contributed by atoms with Crippen molar-refractivity contribution in [1.29, 1.82) is 0 Å². The molecule has 0 spiro atoms. The van der Waals surface area contributed by atoms with E-state index in [1.165, 1.54) is 24.5 Å². The van der Waals surface area contributed by atoms with Crippen LogP contribution in [0.3, 0.4) is 0 Å². The Kier molecular flexibility index (Phi) is 8.55. The van der Waals surface area contributed by atoms with E-state index in [-0.39, 0.29) is 11.5 Å². The molecule has 0 unspecified atom stereocenters. The first-order valence-electron chi connectivity index (χ1n) is 10.7. The summed E-state index contributed by atoms with van der Waals surface area (Å²) in [4.78, 5) is 41.5. The van der Waals surface area contributed by atoms with Crippen LogP contribution in [0.2, 0.25) is 0 Å². The van der Waals surface area contributed by atoms with Crippen LogP contribution in [0.5, 0.6) is 11.5 Å². The minimum Gasteiger partial charge on any atom is -0.419 e. The number of halogens is 2. The molecular weight excluding hydrogens is 606 g/mol. The Morgan fingerprint density at radius 3 is 1.92 bits per heavy atom. The highest BCUT2D eigenvalue weighted by Gasteiger charge is 2.17. The van der Waals surface area contributed by atoms with Crippen LogP contribution in [-0.2, 0) is 0 Å². The Bertz CT molecular complexity index is 1460. The highest BCUT2D eigenvalue weighted by atomic mass is 79.9. The van der Waals surface area contributed by atoms with E-state index >= 15 is 0 Å². The SMILES string of the molecule is O=C(N/N=C\c1ccc(OC(=O)c2ccc(Br)cc2)c(OC(=O)c2ccc(Br)cc2)c1)c1cccnc1. The van der Waals surface area contributed by atoms with Crippen LogP contribution in [0.1, 0.15) is 36.6 Å². The topological polar surface area (TPSA) is 107 Å². The number of nitrogens with zero attached hydrogens (tertiary/aromatic N) is 2. The maximum Gasteiger partial charge on any atom is 0.343 e. The van der Waals surface area contributed by atoms with E-state index in [0.717, 1.165) is 8.95 Å². The molecule has 4 rings (SSSR count). The van der Waals surface area contributed by atoms with E-state index in [9.17, 15) is 14.4 Å². The molecule has 37 heavy (non-hydrogen) atoms. The number of pyridine rings is 1. The molecule has 0 fully saturated rings. The highest BCUT2D eigenvalue weighted by molar-refractivity contribution is 9.10. The van der Waals surface area contributed by atoms with Gasteiger partial charge < -0.3 is 9.47 Å². The zero-order valence-corrected chi connectivity index (χ0v) is 22.1. The Hall–Kier alpha value is -4.15. The van der Waals surface area contributed by atoms with Crippen molar-refractivity contribution >= 4 is 55.9 Å². The Balaban J connectivity index is 1.56. The molecular formula is C27H17Br2N3O5. The Morgan fingerprint density at radius 1 is 0.757 bits per heavy atom. The van der Waals surface area contributed by atoms with Gasteiger partial charge in [0.15, 0.2) is 11.5 Å². The van der Waals surface area contributed by atoms with E-state index < -0.39 is 17.8 Å². The molecule has 4 aromatic rings. The summed E-state index contributed by atoms with van der Waals surface area (Å²) in [5.41, 5.74) is 3.85. The maximum absolute atomic E-state index is 12.8. The summed E-state index contributed by atoms with van der Waals surface area (Å²) >= 11 is 6.65. The molecule has 1 N–H and O–H groups in total. The first-order valence-corrected chi connectivity index (χ1v) is 12.3. The third-order valence-electron chi connectivity index (χ3n) is 4.84. The van der Waals surface area contributed by atoms with Crippen LogP contribution in [0, 0.1) is 0 Å². The summed E-state index contributed by atoms with van der Waals surface area (Å²) in [7, 11) is 0. The quantitative estimate of drug-likeness (QED) is 0.121. The van der Waals surface area contributed by atoms with E-state index in [1.54, 1.807) is 72.9 Å². The lowest BCUT2D eigenvalue weighted by Crippen LogP contribution is -2.17. The predicted octanol–water partition coefficient (Wildman–Crippen LogP) is 5.81. The van der Waals surface area contributed by atoms with Gasteiger partial charge in [0, 0.05) is 21.3 Å². The van der Waals surface area contributed by atoms with Crippen LogP contribution in [0.25, 0.3) is 0 Å². The van der Waals surface area contributed by atoms with Crippen LogP contribution in [-0.4, -0.2) is 29.0 Å². The van der Waals surface area contributed by atoms with E-state index in [0.29, 0.717) is 22.3 Å². The smallest absolute Gasteiger partial charge is 0.343 e. The van der Waals surface area contributed by atoms with Crippen molar-refractivity contribution in [2.45, 2.75) is 0 Å². The van der Waals surface area contributed by atoms with Crippen LogP contribution in [0.4, 0.5) is 0 Å². The molecule has 0 atom stereocenters. The molecule has 0 aliphatic carbocycles. The fourth-order valence-corrected chi connectivity index (χ4v) is 3.51. The molecule has 10 heteroatoms. The van der Waals surface area contributed by atoms with Crippen molar-refractivity contribution in [3.05, 3.63) is 122 Å². The second kappa shape index (κ2) is 12.2. The van der Waals surface area contributed by atoms with E-state index in [1.807, 2.05) is 0 Å². The molecule has 184 valence electrons. The number of benzene rings is 3. The molecule has 1 amide bonds. The van der Waals surface area contributed by atoms with Crippen LogP contribution < -0.4 is 14.9 Å². The van der Waals surface area contributed by atoms with Gasteiger partial charge in [0.05, 0.1) is 22.9 Å². The van der Waals surface area contributed by atoms with E-state index in [2.05, 4.69) is 47.4 Å². The van der Waals surface area contributed by atoms with Gasteiger partial charge in [0.2, 0.25) is 0 Å². The first kappa shape index (κ1) is 25.9. The van der Waals surface area contributed by atoms with Gasteiger partial charge in [0.1, 0.15) is 0 Å². The number of nitrogens with one attached hydrogen (secondary N) is 1. The minimum absolute atomic E-state index is 0.000848. The number of aromatic nitrogens is 1. The van der Waals surface area contributed by atoms with Crippen molar-refractivity contribution in [1.82, 2.24) is 10.4 Å². The van der Waals surface area contributed by atoms with Gasteiger partial charge in [-0.2, -0.15) is 5.10 Å². The molecule has 0 saturated heterocycles. The molecule has 0 saturated carbocycles. The van der Waals surface area contributed by atoms with Crippen molar-refractivity contribution in [3.8, 4) is 11.5 Å². The first-order chi connectivity index (χ1) is 17.9. The van der Waals surface area contributed by atoms with Gasteiger partial charge in [-0.1, -0.05) is 31.9 Å². The normalized spacial score (nSPS) is 10.6. The van der Waals surface area contributed by atoms with Crippen LogP contribution >= 0.6 is 31.9 Å². The summed E-state index contributed by atoms with van der Waals surface area (Å²) in [6.07, 6.45) is 4.34. The number of ether oxygens (including phenoxy) is 2. The molecule has 0 aliphatic heterocycles. The third-order valence-corrected chi connectivity index (χ3v) is 5.89. The molecule has 0 aliphatic rings. The van der Waals surface area contributed by atoms with Gasteiger partial charge >= 0.3 is 11.9 Å². The second-order valence-corrected chi connectivity index (χ2v) is 9.27. The van der Waals surface area contributed by atoms with Crippen molar-refractivity contribution in [3.63, 3.8) is 0 Å². The van der Waals surface area contributed by atoms with Crippen molar-refractivity contribution < 1.29 is 23.9 Å². The average molecular weight is 623 g/mol. The largest absolute Gasteiger partial charge is 0.419 e. The number of esters is 2. The summed E-state index contributed by atoms with van der Waals surface area (Å²) in [6.45, 7) is 0. The number of hydrazone groups is 1. The third kappa shape index (κ3) is 7.18. The molecule has 1 aromatic heterocycles. The number of hydrogen-bond donors (Lipinski definition) is 1. The Morgan fingerprint density at radius 2 is 1.35 bits per heavy atom. The minimum atomic E-state index is -0.646. The zero-order valence-electron chi connectivity index (χ0n) is 18.9. The number of carbonyl (C=O) groups is 3. The summed E-state index contributed by atoms with van der Waals surface area (Å²) in [5.74, 6) is -1.67. The summed E-state index contributed by atoms with van der Waals surface area (Å²) < 4.78 is 12.7. The van der Waals surface area contributed by atoms with Crippen molar-refractivity contribution in [2.24, 2.45) is 5.10 Å². The molecule has 1 heterocycles. The van der Waals surface area contributed by atoms with Crippen molar-refractivity contribution in [2.75, 3.05) is 0 Å². The maximum atomic E-state index is 12.8. The monoisotopic (exact) mass is 621 g/mol. The van der Waals surface area contributed by atoms with E-state index in [4.69, 9.17) is 9.47 Å². The summed E-state index contributed by atoms with van der Waals surface area (Å²) in [6, 6.07) is 21.0.